The number of ether oxygens (including phenoxy) is 4. The minimum absolute atomic E-state index is 0.178. The summed E-state index contributed by atoms with van der Waals surface area (Å²) in [5, 5.41) is 0. The van der Waals surface area contributed by atoms with Crippen molar-refractivity contribution in [1.29, 1.82) is 0 Å². The van der Waals surface area contributed by atoms with Crippen LogP contribution in [-0.2, 0) is 18.9 Å². The second kappa shape index (κ2) is 7.89. The third-order valence-corrected chi connectivity index (χ3v) is 3.93. The van der Waals surface area contributed by atoms with Gasteiger partial charge in [-0.25, -0.2) is 0 Å². The molecule has 0 saturated carbocycles. The Morgan fingerprint density at radius 2 is 1.71 bits per heavy atom. The summed E-state index contributed by atoms with van der Waals surface area (Å²) >= 11 is 2.40. The Hall–Kier alpha value is 0.570. The number of hydrogen-bond donors (Lipinski definition) is 0. The topological polar surface area (TPSA) is 36.9 Å². The van der Waals surface area contributed by atoms with Crippen LogP contribution < -0.4 is 0 Å². The maximum absolute atomic E-state index is 5.83. The fourth-order valence-electron chi connectivity index (χ4n) is 2.31. The van der Waals surface area contributed by atoms with Crippen molar-refractivity contribution in [1.82, 2.24) is 0 Å². The first-order valence-corrected chi connectivity index (χ1v) is 7.91. The van der Waals surface area contributed by atoms with Gasteiger partial charge in [0, 0.05) is 6.42 Å². The van der Waals surface area contributed by atoms with Crippen molar-refractivity contribution in [2.24, 2.45) is 0 Å². The summed E-state index contributed by atoms with van der Waals surface area (Å²) in [6, 6.07) is 0. The first-order chi connectivity index (χ1) is 8.40. The van der Waals surface area contributed by atoms with E-state index in [-0.39, 0.29) is 18.3 Å². The highest BCUT2D eigenvalue weighted by atomic mass is 127. The summed E-state index contributed by atoms with van der Waals surface area (Å²) < 4.78 is 23.9. The molecule has 2 aliphatic rings. The minimum atomic E-state index is 0.178. The molecule has 3 unspecified atom stereocenters. The summed E-state index contributed by atoms with van der Waals surface area (Å²) in [5.41, 5.74) is 0. The smallest absolute Gasteiger partial charge is 0.0863 e. The normalized spacial score (nSPS) is 34.8. The molecule has 2 rings (SSSR count). The minimum Gasteiger partial charge on any atom is -0.376 e. The third-order valence-electron chi connectivity index (χ3n) is 3.16. The van der Waals surface area contributed by atoms with E-state index >= 15 is 0 Å². The van der Waals surface area contributed by atoms with Gasteiger partial charge >= 0.3 is 0 Å². The largest absolute Gasteiger partial charge is 0.376 e. The van der Waals surface area contributed by atoms with Gasteiger partial charge in [0.2, 0.25) is 0 Å². The van der Waals surface area contributed by atoms with Crippen LogP contribution in [0.4, 0.5) is 0 Å². The van der Waals surface area contributed by atoms with E-state index in [1.54, 1.807) is 0 Å². The summed E-state index contributed by atoms with van der Waals surface area (Å²) in [5.74, 6) is 0. The Morgan fingerprint density at radius 3 is 2.41 bits per heavy atom. The molecule has 0 aromatic heterocycles. The molecule has 17 heavy (non-hydrogen) atoms. The van der Waals surface area contributed by atoms with Crippen LogP contribution in [0.2, 0.25) is 0 Å². The number of halogens is 1. The molecule has 100 valence electrons. The zero-order valence-corrected chi connectivity index (χ0v) is 12.3. The van der Waals surface area contributed by atoms with Crippen LogP contribution in [0.1, 0.15) is 19.3 Å². The van der Waals surface area contributed by atoms with Gasteiger partial charge in [0.1, 0.15) is 0 Å². The average Bonchev–Trinajstić information content (AvgIpc) is 2.39. The van der Waals surface area contributed by atoms with E-state index in [0.29, 0.717) is 19.8 Å². The Morgan fingerprint density at radius 1 is 0.941 bits per heavy atom. The van der Waals surface area contributed by atoms with Crippen molar-refractivity contribution < 1.29 is 18.9 Å². The van der Waals surface area contributed by atoms with Crippen LogP contribution in [0.15, 0.2) is 0 Å². The van der Waals surface area contributed by atoms with Gasteiger partial charge in [-0.15, -0.1) is 0 Å². The maximum atomic E-state index is 5.83. The van der Waals surface area contributed by atoms with Gasteiger partial charge in [0.15, 0.2) is 0 Å². The lowest BCUT2D eigenvalue weighted by Gasteiger charge is -2.35. The third kappa shape index (κ3) is 4.63. The van der Waals surface area contributed by atoms with E-state index in [2.05, 4.69) is 22.6 Å². The molecule has 0 spiro atoms. The van der Waals surface area contributed by atoms with Gasteiger partial charge in [0.05, 0.1) is 51.3 Å². The first-order valence-electron chi connectivity index (χ1n) is 6.38. The number of alkyl halides is 1. The zero-order valence-electron chi connectivity index (χ0n) is 10.1. The van der Waals surface area contributed by atoms with Crippen LogP contribution in [-0.4, -0.2) is 55.8 Å². The van der Waals surface area contributed by atoms with E-state index in [9.17, 15) is 0 Å². The number of rotatable bonds is 5. The molecule has 2 saturated heterocycles. The molecule has 2 aliphatic heterocycles. The lowest BCUT2D eigenvalue weighted by Crippen LogP contribution is -2.43. The Labute approximate surface area is 116 Å². The van der Waals surface area contributed by atoms with Crippen molar-refractivity contribution in [3.63, 3.8) is 0 Å². The second-order valence-corrected chi connectivity index (χ2v) is 5.53. The van der Waals surface area contributed by atoms with Crippen LogP contribution >= 0.6 is 22.6 Å². The molecule has 4 nitrogen and oxygen atoms in total. The molecule has 0 amide bonds. The van der Waals surface area contributed by atoms with Crippen molar-refractivity contribution in [2.75, 3.05) is 37.5 Å². The fourth-order valence-corrected chi connectivity index (χ4v) is 2.75. The summed E-state index contributed by atoms with van der Waals surface area (Å²) in [6.07, 6.45) is 3.76. The molecule has 3 atom stereocenters. The number of hydrogen-bond acceptors (Lipinski definition) is 4. The zero-order chi connectivity index (χ0) is 11.9. The Kier molecular flexibility index (Phi) is 6.49. The van der Waals surface area contributed by atoms with Crippen molar-refractivity contribution in [2.45, 2.75) is 37.6 Å². The van der Waals surface area contributed by atoms with E-state index in [1.807, 2.05) is 0 Å². The van der Waals surface area contributed by atoms with Crippen molar-refractivity contribution in [3.8, 4) is 0 Å². The summed E-state index contributed by atoms with van der Waals surface area (Å²) in [4.78, 5) is 0. The lowest BCUT2D eigenvalue weighted by molar-refractivity contribution is -0.169. The lowest BCUT2D eigenvalue weighted by atomic mass is 10.0. The summed E-state index contributed by atoms with van der Waals surface area (Å²) in [7, 11) is 0. The predicted octanol–water partition coefficient (Wildman–Crippen LogP) is 1.79. The quantitative estimate of drug-likeness (QED) is 0.556. The molecule has 2 fully saturated rings. The van der Waals surface area contributed by atoms with Gasteiger partial charge in [0.25, 0.3) is 0 Å². The van der Waals surface area contributed by atoms with E-state index in [4.69, 9.17) is 18.9 Å². The average molecular weight is 356 g/mol. The van der Waals surface area contributed by atoms with Crippen molar-refractivity contribution >= 4 is 22.6 Å². The first kappa shape index (κ1) is 14.0. The summed E-state index contributed by atoms with van der Waals surface area (Å²) in [6.45, 7) is 3.55. The Bertz CT molecular complexity index is 209. The van der Waals surface area contributed by atoms with E-state index in [0.717, 1.165) is 26.1 Å². The molecular formula is C12H21IO4. The second-order valence-electron chi connectivity index (χ2n) is 4.45. The standard InChI is InChI=1S/C12H21IO4/c13-3-1-2-11-12(17-7-6-16-11)8-10-9-14-4-5-15-10/h10-12H,1-9H2. The fraction of sp³-hybridized carbons (Fsp3) is 1.00. The molecule has 0 radical (unpaired) electrons. The highest BCUT2D eigenvalue weighted by Gasteiger charge is 2.30. The van der Waals surface area contributed by atoms with Crippen LogP contribution in [0.25, 0.3) is 0 Å². The van der Waals surface area contributed by atoms with Crippen LogP contribution in [0, 0.1) is 0 Å². The highest BCUT2D eigenvalue weighted by molar-refractivity contribution is 14.1. The Balaban J connectivity index is 1.78. The van der Waals surface area contributed by atoms with Crippen LogP contribution in [0.3, 0.4) is 0 Å². The molecule has 0 bridgehead atoms. The van der Waals surface area contributed by atoms with E-state index < -0.39 is 0 Å². The molecule has 5 heteroatoms. The molecule has 0 aliphatic carbocycles. The monoisotopic (exact) mass is 356 g/mol. The molecule has 0 aromatic rings. The van der Waals surface area contributed by atoms with Gasteiger partial charge in [-0.3, -0.25) is 0 Å². The highest BCUT2D eigenvalue weighted by Crippen LogP contribution is 2.21. The molecule has 0 N–H and O–H groups in total. The molecule has 0 aromatic carbocycles. The predicted molar refractivity (Wildman–Crippen MR) is 72.8 cm³/mol. The van der Waals surface area contributed by atoms with Crippen molar-refractivity contribution in [3.05, 3.63) is 0 Å². The van der Waals surface area contributed by atoms with Gasteiger partial charge in [-0.1, -0.05) is 22.6 Å². The SMILES string of the molecule is ICCCC1OCCOC1CC1COCCO1. The van der Waals surface area contributed by atoms with Crippen LogP contribution in [0.5, 0.6) is 0 Å². The molecular weight excluding hydrogens is 335 g/mol. The van der Waals surface area contributed by atoms with Gasteiger partial charge in [-0.05, 0) is 17.3 Å². The van der Waals surface area contributed by atoms with Gasteiger partial charge < -0.3 is 18.9 Å². The molecule has 2 heterocycles. The van der Waals surface area contributed by atoms with Gasteiger partial charge in [-0.2, -0.15) is 0 Å². The van der Waals surface area contributed by atoms with E-state index in [1.165, 1.54) is 10.8 Å². The maximum Gasteiger partial charge on any atom is 0.0863 e.